The fourth-order valence-corrected chi connectivity index (χ4v) is 1.15. The van der Waals surface area contributed by atoms with Gasteiger partial charge in [-0.05, 0) is 23.8 Å². The number of ether oxygens (including phenoxy) is 1. The zero-order valence-corrected chi connectivity index (χ0v) is 7.78. The summed E-state index contributed by atoms with van der Waals surface area (Å²) in [6.45, 7) is 1.80. The van der Waals surface area contributed by atoms with Crippen molar-refractivity contribution >= 4 is 12.0 Å². The van der Waals surface area contributed by atoms with Gasteiger partial charge in [-0.3, -0.25) is 0 Å². The summed E-state index contributed by atoms with van der Waals surface area (Å²) in [6.07, 6.45) is 0.866. The first-order chi connectivity index (χ1) is 6.19. The minimum absolute atomic E-state index is 0.185. The number of rotatable bonds is 3. The summed E-state index contributed by atoms with van der Waals surface area (Å²) in [4.78, 5) is 10.6. The lowest BCUT2D eigenvalue weighted by Crippen LogP contribution is -2.00. The highest BCUT2D eigenvalue weighted by molar-refractivity contribution is 5.67. The van der Waals surface area contributed by atoms with Crippen LogP contribution in [0, 0.1) is 0 Å². The van der Waals surface area contributed by atoms with E-state index >= 15 is 0 Å². The molecule has 0 aliphatic carbocycles. The largest absolute Gasteiger partial charge is 0.497 e. The number of hydrogen-bond acceptors (Lipinski definition) is 3. The van der Waals surface area contributed by atoms with Gasteiger partial charge < -0.3 is 15.3 Å². The van der Waals surface area contributed by atoms with E-state index in [1.54, 1.807) is 32.2 Å². The molecule has 0 aliphatic rings. The topological polar surface area (TPSA) is 52.3 Å². The molecule has 0 heterocycles. The second-order valence-corrected chi connectivity index (χ2v) is 2.92. The van der Waals surface area contributed by atoms with Crippen molar-refractivity contribution in [2.45, 2.75) is 12.8 Å². The van der Waals surface area contributed by atoms with Crippen molar-refractivity contribution in [3.8, 4) is 5.75 Å². The predicted molar refractivity (Wildman–Crippen MR) is 51.9 cm³/mol. The average molecular weight is 179 g/mol. The van der Waals surface area contributed by atoms with E-state index in [0.29, 0.717) is 5.69 Å². The SMILES string of the molecule is COc1ccc(N)c(C(C)C=O)c1. The fourth-order valence-electron chi connectivity index (χ4n) is 1.15. The van der Waals surface area contributed by atoms with Gasteiger partial charge in [-0.15, -0.1) is 0 Å². The number of nitrogen functional groups attached to an aromatic ring is 1. The molecular weight excluding hydrogens is 166 g/mol. The Morgan fingerprint density at radius 1 is 1.54 bits per heavy atom. The van der Waals surface area contributed by atoms with Crippen molar-refractivity contribution in [2.24, 2.45) is 0 Å². The van der Waals surface area contributed by atoms with Crippen molar-refractivity contribution < 1.29 is 9.53 Å². The Morgan fingerprint density at radius 3 is 2.77 bits per heavy atom. The normalized spacial score (nSPS) is 12.2. The zero-order valence-electron chi connectivity index (χ0n) is 7.78. The van der Waals surface area contributed by atoms with Gasteiger partial charge in [0.15, 0.2) is 0 Å². The number of anilines is 1. The molecule has 2 N–H and O–H groups in total. The predicted octanol–water partition coefficient (Wildman–Crippen LogP) is 1.58. The number of methoxy groups -OCH3 is 1. The van der Waals surface area contributed by atoms with Gasteiger partial charge >= 0.3 is 0 Å². The van der Waals surface area contributed by atoms with Crippen LogP contribution >= 0.6 is 0 Å². The highest BCUT2D eigenvalue weighted by Gasteiger charge is 2.08. The molecule has 70 valence electrons. The molecule has 1 atom stereocenters. The molecule has 0 saturated heterocycles. The Hall–Kier alpha value is -1.51. The van der Waals surface area contributed by atoms with Crippen molar-refractivity contribution in [3.63, 3.8) is 0 Å². The summed E-state index contributed by atoms with van der Waals surface area (Å²) in [7, 11) is 1.58. The first kappa shape index (κ1) is 9.58. The number of benzene rings is 1. The first-order valence-corrected chi connectivity index (χ1v) is 4.07. The van der Waals surface area contributed by atoms with Gasteiger partial charge in [0.1, 0.15) is 12.0 Å². The molecule has 0 saturated carbocycles. The van der Waals surface area contributed by atoms with Crippen molar-refractivity contribution in [2.75, 3.05) is 12.8 Å². The maximum absolute atomic E-state index is 10.6. The van der Waals surface area contributed by atoms with E-state index in [9.17, 15) is 4.79 Å². The summed E-state index contributed by atoms with van der Waals surface area (Å²) in [5, 5.41) is 0. The third-order valence-electron chi connectivity index (χ3n) is 1.99. The van der Waals surface area contributed by atoms with Gasteiger partial charge in [0, 0.05) is 11.6 Å². The molecule has 0 amide bonds. The molecular formula is C10H13NO2. The molecule has 1 rings (SSSR count). The summed E-state index contributed by atoms with van der Waals surface area (Å²) >= 11 is 0. The molecule has 0 spiro atoms. The lowest BCUT2D eigenvalue weighted by molar-refractivity contribution is -0.108. The molecule has 0 aromatic heterocycles. The Kier molecular flexibility index (Phi) is 2.90. The van der Waals surface area contributed by atoms with Crippen LogP contribution in [0.1, 0.15) is 18.4 Å². The van der Waals surface area contributed by atoms with Crippen LogP contribution in [-0.2, 0) is 4.79 Å². The molecule has 0 bridgehead atoms. The van der Waals surface area contributed by atoms with Crippen LogP contribution in [0.2, 0.25) is 0 Å². The Bertz CT molecular complexity index is 310. The highest BCUT2D eigenvalue weighted by atomic mass is 16.5. The standard InChI is InChI=1S/C10H13NO2/c1-7(6-12)9-5-8(13-2)3-4-10(9)11/h3-7H,11H2,1-2H3. The van der Waals surface area contributed by atoms with Crippen LogP contribution in [0.5, 0.6) is 5.75 Å². The Labute approximate surface area is 77.5 Å². The minimum Gasteiger partial charge on any atom is -0.497 e. The van der Waals surface area contributed by atoms with E-state index in [4.69, 9.17) is 10.5 Å². The minimum atomic E-state index is -0.185. The van der Waals surface area contributed by atoms with Crippen molar-refractivity contribution in [3.05, 3.63) is 23.8 Å². The van der Waals surface area contributed by atoms with E-state index in [0.717, 1.165) is 17.6 Å². The molecule has 3 heteroatoms. The maximum atomic E-state index is 10.6. The molecule has 13 heavy (non-hydrogen) atoms. The van der Waals surface area contributed by atoms with Gasteiger partial charge in [-0.25, -0.2) is 0 Å². The molecule has 1 aromatic carbocycles. The third-order valence-corrected chi connectivity index (χ3v) is 1.99. The quantitative estimate of drug-likeness (QED) is 0.566. The van der Waals surface area contributed by atoms with Crippen LogP contribution in [0.15, 0.2) is 18.2 Å². The van der Waals surface area contributed by atoms with Crippen LogP contribution in [0.4, 0.5) is 5.69 Å². The lowest BCUT2D eigenvalue weighted by Gasteiger charge is -2.09. The lowest BCUT2D eigenvalue weighted by atomic mass is 10.0. The van der Waals surface area contributed by atoms with Crippen LogP contribution < -0.4 is 10.5 Å². The van der Waals surface area contributed by atoms with Crippen molar-refractivity contribution in [1.82, 2.24) is 0 Å². The molecule has 1 aromatic rings. The average Bonchev–Trinajstić information content (AvgIpc) is 2.17. The van der Waals surface area contributed by atoms with E-state index in [-0.39, 0.29) is 5.92 Å². The smallest absolute Gasteiger partial charge is 0.127 e. The number of carbonyl (C=O) groups excluding carboxylic acids is 1. The van der Waals surface area contributed by atoms with E-state index in [1.807, 2.05) is 0 Å². The van der Waals surface area contributed by atoms with E-state index < -0.39 is 0 Å². The van der Waals surface area contributed by atoms with Gasteiger partial charge in [0.05, 0.1) is 7.11 Å². The van der Waals surface area contributed by atoms with Gasteiger partial charge in [0.2, 0.25) is 0 Å². The number of carbonyl (C=O) groups is 1. The summed E-state index contributed by atoms with van der Waals surface area (Å²) < 4.78 is 5.03. The summed E-state index contributed by atoms with van der Waals surface area (Å²) in [5.74, 6) is 0.535. The Morgan fingerprint density at radius 2 is 2.23 bits per heavy atom. The van der Waals surface area contributed by atoms with Gasteiger partial charge in [0.25, 0.3) is 0 Å². The molecule has 3 nitrogen and oxygen atoms in total. The molecule has 1 unspecified atom stereocenters. The van der Waals surface area contributed by atoms with Crippen LogP contribution in [0.3, 0.4) is 0 Å². The summed E-state index contributed by atoms with van der Waals surface area (Å²) in [5.41, 5.74) is 7.15. The fraction of sp³-hybridized carbons (Fsp3) is 0.300. The monoisotopic (exact) mass is 179 g/mol. The number of aldehydes is 1. The third kappa shape index (κ3) is 1.99. The van der Waals surface area contributed by atoms with Crippen LogP contribution in [-0.4, -0.2) is 13.4 Å². The van der Waals surface area contributed by atoms with E-state index in [2.05, 4.69) is 0 Å². The highest BCUT2D eigenvalue weighted by Crippen LogP contribution is 2.25. The van der Waals surface area contributed by atoms with Crippen LogP contribution in [0.25, 0.3) is 0 Å². The zero-order chi connectivity index (χ0) is 9.84. The maximum Gasteiger partial charge on any atom is 0.127 e. The molecule has 0 fully saturated rings. The Balaban J connectivity index is 3.10. The number of nitrogens with two attached hydrogens (primary N) is 1. The van der Waals surface area contributed by atoms with Gasteiger partial charge in [-0.2, -0.15) is 0 Å². The first-order valence-electron chi connectivity index (χ1n) is 4.07. The van der Waals surface area contributed by atoms with Gasteiger partial charge in [-0.1, -0.05) is 6.92 Å². The number of hydrogen-bond donors (Lipinski definition) is 1. The van der Waals surface area contributed by atoms with Crippen molar-refractivity contribution in [1.29, 1.82) is 0 Å². The second kappa shape index (κ2) is 3.94. The second-order valence-electron chi connectivity index (χ2n) is 2.92. The molecule has 0 radical (unpaired) electrons. The summed E-state index contributed by atoms with van der Waals surface area (Å²) in [6, 6.07) is 5.30. The molecule has 0 aliphatic heterocycles. The van der Waals surface area contributed by atoms with E-state index in [1.165, 1.54) is 0 Å².